The summed E-state index contributed by atoms with van der Waals surface area (Å²) < 4.78 is 1.98. The first-order chi connectivity index (χ1) is 12.1. The van der Waals surface area contributed by atoms with E-state index in [0.717, 1.165) is 55.6 Å². The summed E-state index contributed by atoms with van der Waals surface area (Å²) in [5.41, 5.74) is 2.59. The van der Waals surface area contributed by atoms with E-state index in [1.54, 1.807) is 19.2 Å². The number of piperidine rings is 1. The molecule has 0 radical (unpaired) electrons. The van der Waals surface area contributed by atoms with E-state index in [1.807, 2.05) is 9.58 Å². The quantitative estimate of drug-likeness (QED) is 0.900. The van der Waals surface area contributed by atoms with E-state index in [1.165, 1.54) is 0 Å². The zero-order valence-corrected chi connectivity index (χ0v) is 14.5. The van der Waals surface area contributed by atoms with Gasteiger partial charge in [0.25, 0.3) is 11.5 Å². The van der Waals surface area contributed by atoms with E-state index in [2.05, 4.69) is 15.1 Å². The largest absolute Gasteiger partial charge is 0.338 e. The molecule has 4 rings (SSSR count). The van der Waals surface area contributed by atoms with Gasteiger partial charge in [0.1, 0.15) is 5.82 Å². The summed E-state index contributed by atoms with van der Waals surface area (Å²) in [5.74, 6) is 0.982. The van der Waals surface area contributed by atoms with E-state index in [4.69, 9.17) is 0 Å². The molecule has 7 heteroatoms. The molecule has 2 aliphatic heterocycles. The minimum atomic E-state index is -0.104. The molecule has 0 bridgehead atoms. The maximum Gasteiger partial charge on any atom is 0.257 e. The van der Waals surface area contributed by atoms with Gasteiger partial charge in [0, 0.05) is 31.6 Å². The number of hydrogen-bond donors (Lipinski definition) is 1. The number of carbonyl (C=O) groups excluding carboxylic acids is 1. The van der Waals surface area contributed by atoms with Crippen LogP contribution in [-0.2, 0) is 13.0 Å². The number of aromatic nitrogens is 4. The van der Waals surface area contributed by atoms with Crippen LogP contribution in [-0.4, -0.2) is 43.6 Å². The molecular weight excluding hydrogens is 318 g/mol. The fourth-order valence-corrected chi connectivity index (χ4v) is 3.96. The summed E-state index contributed by atoms with van der Waals surface area (Å²) in [6, 6.07) is 1.59. The lowest BCUT2D eigenvalue weighted by atomic mass is 9.92. The van der Waals surface area contributed by atoms with Crippen molar-refractivity contribution in [1.29, 1.82) is 0 Å². The van der Waals surface area contributed by atoms with Crippen LogP contribution < -0.4 is 5.56 Å². The average molecular weight is 341 g/mol. The number of nitrogens with one attached hydrogen (secondary N) is 1. The number of H-pyrrole nitrogens is 1. The molecule has 1 N–H and O–H groups in total. The fraction of sp³-hybridized carbons (Fsp3) is 0.556. The molecule has 4 heterocycles. The Morgan fingerprint density at radius 1 is 1.24 bits per heavy atom. The number of aromatic amines is 1. The van der Waals surface area contributed by atoms with Gasteiger partial charge < -0.3 is 9.88 Å². The number of aryl methyl sites for hydroxylation is 2. The van der Waals surface area contributed by atoms with Crippen LogP contribution in [0.1, 0.15) is 59.2 Å². The van der Waals surface area contributed by atoms with Crippen LogP contribution in [0.15, 0.2) is 17.1 Å². The van der Waals surface area contributed by atoms with Crippen LogP contribution in [0.4, 0.5) is 0 Å². The summed E-state index contributed by atoms with van der Waals surface area (Å²) >= 11 is 0. The topological polar surface area (TPSA) is 83.9 Å². The predicted octanol–water partition coefficient (Wildman–Crippen LogP) is 1.63. The molecule has 1 fully saturated rings. The average Bonchev–Trinajstić information content (AvgIpc) is 3.04. The lowest BCUT2D eigenvalue weighted by Gasteiger charge is -2.32. The predicted molar refractivity (Wildman–Crippen MR) is 92.6 cm³/mol. The van der Waals surface area contributed by atoms with Crippen molar-refractivity contribution in [2.75, 3.05) is 13.1 Å². The van der Waals surface area contributed by atoms with E-state index in [0.29, 0.717) is 18.9 Å². The second-order valence-corrected chi connectivity index (χ2v) is 7.01. The SMILES string of the molecule is Cc1nc(C2CCN(C(=O)c3cnn4c3CCCC4)CC2)cc(=O)[nH]1. The molecule has 132 valence electrons. The van der Waals surface area contributed by atoms with Gasteiger partial charge in [-0.15, -0.1) is 0 Å². The summed E-state index contributed by atoms with van der Waals surface area (Å²) in [6.07, 6.45) is 6.61. The smallest absolute Gasteiger partial charge is 0.257 e. The number of hydrogen-bond acceptors (Lipinski definition) is 4. The van der Waals surface area contributed by atoms with Gasteiger partial charge in [-0.2, -0.15) is 5.10 Å². The Morgan fingerprint density at radius 2 is 2.04 bits per heavy atom. The minimum Gasteiger partial charge on any atom is -0.338 e. The van der Waals surface area contributed by atoms with Gasteiger partial charge in [-0.1, -0.05) is 0 Å². The minimum absolute atomic E-state index is 0.0941. The maximum atomic E-state index is 12.9. The van der Waals surface area contributed by atoms with Crippen molar-refractivity contribution in [2.24, 2.45) is 0 Å². The summed E-state index contributed by atoms with van der Waals surface area (Å²) in [6.45, 7) is 4.11. The Kier molecular flexibility index (Phi) is 4.15. The van der Waals surface area contributed by atoms with Crippen LogP contribution in [0.5, 0.6) is 0 Å². The van der Waals surface area contributed by atoms with Gasteiger partial charge >= 0.3 is 0 Å². The molecule has 2 aromatic heterocycles. The Morgan fingerprint density at radius 3 is 2.80 bits per heavy atom. The first-order valence-corrected chi connectivity index (χ1v) is 9.03. The standard InChI is InChI=1S/C18H23N5O2/c1-12-20-15(10-17(24)21-12)13-5-8-22(9-6-13)18(25)14-11-19-23-7-3-2-4-16(14)23/h10-11,13H,2-9H2,1H3,(H,20,21,24). The molecule has 7 nitrogen and oxygen atoms in total. The lowest BCUT2D eigenvalue weighted by molar-refractivity contribution is 0.0710. The number of rotatable bonds is 2. The zero-order chi connectivity index (χ0) is 17.4. The monoisotopic (exact) mass is 341 g/mol. The van der Waals surface area contributed by atoms with Gasteiger partial charge in [0.05, 0.1) is 23.1 Å². The highest BCUT2D eigenvalue weighted by molar-refractivity contribution is 5.95. The maximum absolute atomic E-state index is 12.9. The lowest BCUT2D eigenvalue weighted by Crippen LogP contribution is -2.38. The van der Waals surface area contributed by atoms with Gasteiger partial charge in [-0.25, -0.2) is 4.98 Å². The highest BCUT2D eigenvalue weighted by Crippen LogP contribution is 2.28. The van der Waals surface area contributed by atoms with Crippen LogP contribution >= 0.6 is 0 Å². The van der Waals surface area contributed by atoms with Crippen molar-refractivity contribution >= 4 is 5.91 Å². The molecule has 1 amide bonds. The van der Waals surface area contributed by atoms with E-state index >= 15 is 0 Å². The van der Waals surface area contributed by atoms with Crippen LogP contribution in [0.3, 0.4) is 0 Å². The summed E-state index contributed by atoms with van der Waals surface area (Å²) in [4.78, 5) is 33.6. The number of likely N-dealkylation sites (tertiary alicyclic amines) is 1. The van der Waals surface area contributed by atoms with Crippen LogP contribution in [0.25, 0.3) is 0 Å². The number of nitrogens with zero attached hydrogens (tertiary/aromatic N) is 4. The van der Waals surface area contributed by atoms with Crippen molar-refractivity contribution in [3.8, 4) is 0 Å². The van der Waals surface area contributed by atoms with E-state index < -0.39 is 0 Å². The molecule has 0 spiro atoms. The molecule has 2 aliphatic rings. The Hall–Kier alpha value is -2.44. The zero-order valence-electron chi connectivity index (χ0n) is 14.5. The summed E-state index contributed by atoms with van der Waals surface area (Å²) in [5, 5.41) is 4.38. The normalized spacial score (nSPS) is 18.2. The molecule has 0 atom stereocenters. The van der Waals surface area contributed by atoms with E-state index in [9.17, 15) is 9.59 Å². The number of fused-ring (bicyclic) bond motifs is 1. The van der Waals surface area contributed by atoms with Crippen molar-refractivity contribution in [3.05, 3.63) is 45.4 Å². The van der Waals surface area contributed by atoms with Crippen LogP contribution in [0.2, 0.25) is 0 Å². The Balaban J connectivity index is 1.46. The van der Waals surface area contributed by atoms with Gasteiger partial charge in [0.15, 0.2) is 0 Å². The third-order valence-corrected chi connectivity index (χ3v) is 5.29. The molecule has 25 heavy (non-hydrogen) atoms. The second-order valence-electron chi connectivity index (χ2n) is 7.01. The third kappa shape index (κ3) is 3.10. The van der Waals surface area contributed by atoms with E-state index in [-0.39, 0.29) is 17.4 Å². The van der Waals surface area contributed by atoms with Crippen molar-refractivity contribution in [2.45, 2.75) is 51.5 Å². The highest BCUT2D eigenvalue weighted by atomic mass is 16.2. The molecule has 0 aromatic carbocycles. The van der Waals surface area contributed by atoms with Crippen molar-refractivity contribution in [1.82, 2.24) is 24.6 Å². The third-order valence-electron chi connectivity index (χ3n) is 5.29. The van der Waals surface area contributed by atoms with Crippen molar-refractivity contribution < 1.29 is 4.79 Å². The van der Waals surface area contributed by atoms with Gasteiger partial charge in [-0.3, -0.25) is 14.3 Å². The van der Waals surface area contributed by atoms with Crippen LogP contribution in [0, 0.1) is 6.92 Å². The highest BCUT2D eigenvalue weighted by Gasteiger charge is 2.28. The molecule has 0 saturated carbocycles. The molecular formula is C18H23N5O2. The Bertz CT molecular complexity index is 845. The molecule has 2 aromatic rings. The number of amides is 1. The first-order valence-electron chi connectivity index (χ1n) is 9.03. The first kappa shape index (κ1) is 16.1. The number of carbonyl (C=O) groups is 1. The van der Waals surface area contributed by atoms with Crippen molar-refractivity contribution in [3.63, 3.8) is 0 Å². The summed E-state index contributed by atoms with van der Waals surface area (Å²) in [7, 11) is 0. The molecule has 0 unspecified atom stereocenters. The second kappa shape index (κ2) is 6.46. The Labute approximate surface area is 146 Å². The fourth-order valence-electron chi connectivity index (χ4n) is 3.96. The molecule has 0 aliphatic carbocycles. The van der Waals surface area contributed by atoms with Gasteiger partial charge in [0.2, 0.25) is 0 Å². The van der Waals surface area contributed by atoms with Gasteiger partial charge in [-0.05, 0) is 39.0 Å². The molecule has 1 saturated heterocycles.